The number of nitrogens with zero attached hydrogens (tertiary/aromatic N) is 3. The predicted octanol–water partition coefficient (Wildman–Crippen LogP) is 8.62. The maximum Gasteiger partial charge on any atom is 0.338 e. The van der Waals surface area contributed by atoms with E-state index in [1.54, 1.807) is 4.68 Å². The SMILES string of the molecule is CC1=C(C(=O)OC2CCCCC2)C(c2ccccc2OCc2ccc(Cl)cc2)n2nc(SCc3ccccc3Cl)nc2N1. The number of rotatable bonds is 9. The number of hydrogen-bond acceptors (Lipinski definition) is 7. The first-order valence-electron chi connectivity index (χ1n) is 14.4. The Bertz CT molecular complexity index is 1630. The summed E-state index contributed by atoms with van der Waals surface area (Å²) in [6.07, 6.45) is 4.99. The van der Waals surface area contributed by atoms with Gasteiger partial charge in [0.1, 0.15) is 24.5 Å². The summed E-state index contributed by atoms with van der Waals surface area (Å²) < 4.78 is 14.2. The van der Waals surface area contributed by atoms with Crippen LogP contribution in [0.1, 0.15) is 61.8 Å². The fourth-order valence-corrected chi connectivity index (χ4v) is 6.72. The Kier molecular flexibility index (Phi) is 9.26. The molecule has 7 nitrogen and oxygen atoms in total. The van der Waals surface area contributed by atoms with E-state index in [-0.39, 0.29) is 12.1 Å². The summed E-state index contributed by atoms with van der Waals surface area (Å²) >= 11 is 14.0. The molecule has 2 heterocycles. The van der Waals surface area contributed by atoms with Crippen LogP contribution in [0.2, 0.25) is 10.0 Å². The van der Waals surface area contributed by atoms with Crippen LogP contribution in [-0.2, 0) is 21.9 Å². The van der Waals surface area contributed by atoms with Crippen LogP contribution in [0.15, 0.2) is 89.2 Å². The molecule has 1 aromatic heterocycles. The van der Waals surface area contributed by atoms with Gasteiger partial charge in [-0.25, -0.2) is 9.48 Å². The average Bonchev–Trinajstić information content (AvgIpc) is 3.42. The van der Waals surface area contributed by atoms with Crippen LogP contribution in [0.3, 0.4) is 0 Å². The van der Waals surface area contributed by atoms with Gasteiger partial charge in [-0.15, -0.1) is 5.10 Å². The molecule has 0 amide bonds. The number of esters is 1. The van der Waals surface area contributed by atoms with Gasteiger partial charge in [-0.05, 0) is 68.0 Å². The largest absolute Gasteiger partial charge is 0.489 e. The smallest absolute Gasteiger partial charge is 0.338 e. The monoisotopic (exact) mass is 634 g/mol. The Hall–Kier alpha value is -3.46. The molecule has 10 heteroatoms. The van der Waals surface area contributed by atoms with E-state index < -0.39 is 6.04 Å². The molecule has 1 aliphatic carbocycles. The molecule has 222 valence electrons. The van der Waals surface area contributed by atoms with Crippen LogP contribution in [0.5, 0.6) is 5.75 Å². The molecule has 3 aromatic carbocycles. The zero-order valence-corrected chi connectivity index (χ0v) is 26.1. The summed E-state index contributed by atoms with van der Waals surface area (Å²) in [6, 6.07) is 22.4. The highest BCUT2D eigenvalue weighted by Gasteiger charge is 2.38. The summed E-state index contributed by atoms with van der Waals surface area (Å²) in [4.78, 5) is 18.7. The lowest BCUT2D eigenvalue weighted by molar-refractivity contribution is -0.146. The lowest BCUT2D eigenvalue weighted by Crippen LogP contribution is -2.32. The highest BCUT2D eigenvalue weighted by atomic mass is 35.5. The molecular weight excluding hydrogens is 603 g/mol. The molecule has 1 saturated carbocycles. The van der Waals surface area contributed by atoms with Crippen molar-refractivity contribution in [3.8, 4) is 5.75 Å². The van der Waals surface area contributed by atoms with Crippen molar-refractivity contribution in [1.82, 2.24) is 14.8 Å². The normalized spacial score (nSPS) is 16.9. The number of benzene rings is 3. The van der Waals surface area contributed by atoms with E-state index >= 15 is 0 Å². The van der Waals surface area contributed by atoms with Crippen LogP contribution in [0, 0.1) is 0 Å². The van der Waals surface area contributed by atoms with E-state index in [4.69, 9.17) is 42.8 Å². The Labute approximate surface area is 265 Å². The van der Waals surface area contributed by atoms with Gasteiger partial charge >= 0.3 is 5.97 Å². The fraction of sp³-hybridized carbons (Fsp3) is 0.303. The fourth-order valence-electron chi connectivity index (χ4n) is 5.48. The summed E-state index contributed by atoms with van der Waals surface area (Å²) in [7, 11) is 0. The Morgan fingerprint density at radius 3 is 2.53 bits per heavy atom. The third-order valence-electron chi connectivity index (χ3n) is 7.71. The number of ether oxygens (including phenoxy) is 2. The van der Waals surface area contributed by atoms with Gasteiger partial charge < -0.3 is 14.8 Å². The molecule has 1 atom stereocenters. The van der Waals surface area contributed by atoms with E-state index in [1.807, 2.05) is 79.7 Å². The predicted molar refractivity (Wildman–Crippen MR) is 171 cm³/mol. The number of para-hydroxylation sites is 1. The van der Waals surface area contributed by atoms with Crippen molar-refractivity contribution in [2.24, 2.45) is 0 Å². The van der Waals surface area contributed by atoms with Crippen molar-refractivity contribution in [3.63, 3.8) is 0 Å². The minimum Gasteiger partial charge on any atom is -0.489 e. The Morgan fingerprint density at radius 1 is 1.00 bits per heavy atom. The minimum atomic E-state index is -0.601. The molecule has 0 radical (unpaired) electrons. The summed E-state index contributed by atoms with van der Waals surface area (Å²) in [5, 5.41) is 10.1. The van der Waals surface area contributed by atoms with Crippen molar-refractivity contribution in [3.05, 3.63) is 111 Å². The van der Waals surface area contributed by atoms with Crippen molar-refractivity contribution in [2.75, 3.05) is 5.32 Å². The number of aromatic nitrogens is 3. The van der Waals surface area contributed by atoms with Crippen LogP contribution < -0.4 is 10.1 Å². The average molecular weight is 636 g/mol. The second-order valence-electron chi connectivity index (χ2n) is 10.7. The van der Waals surface area contributed by atoms with Gasteiger partial charge in [0, 0.05) is 27.1 Å². The number of carbonyl (C=O) groups is 1. The highest BCUT2D eigenvalue weighted by Crippen LogP contribution is 2.41. The molecule has 0 spiro atoms. The van der Waals surface area contributed by atoms with Gasteiger partial charge in [-0.2, -0.15) is 4.98 Å². The van der Waals surface area contributed by atoms with Gasteiger partial charge in [0.05, 0.1) is 5.57 Å². The van der Waals surface area contributed by atoms with E-state index in [0.29, 0.717) is 50.5 Å². The molecule has 0 saturated heterocycles. The summed E-state index contributed by atoms with van der Waals surface area (Å²) in [5.74, 6) is 1.45. The van der Waals surface area contributed by atoms with E-state index in [0.717, 1.165) is 42.4 Å². The van der Waals surface area contributed by atoms with Gasteiger partial charge in [-0.3, -0.25) is 0 Å². The topological polar surface area (TPSA) is 78.3 Å². The molecule has 2 aliphatic rings. The van der Waals surface area contributed by atoms with Crippen LogP contribution in [0.4, 0.5) is 5.95 Å². The van der Waals surface area contributed by atoms with E-state index in [2.05, 4.69) is 5.32 Å². The number of allylic oxidation sites excluding steroid dienone is 1. The molecular formula is C33H32Cl2N4O3S. The summed E-state index contributed by atoms with van der Waals surface area (Å²) in [5.41, 5.74) is 3.95. The van der Waals surface area contributed by atoms with Crippen molar-refractivity contribution >= 4 is 46.9 Å². The first-order chi connectivity index (χ1) is 21.0. The van der Waals surface area contributed by atoms with Gasteiger partial charge in [0.25, 0.3) is 0 Å². The van der Waals surface area contributed by atoms with Crippen molar-refractivity contribution in [1.29, 1.82) is 0 Å². The highest BCUT2D eigenvalue weighted by molar-refractivity contribution is 7.98. The molecule has 1 aliphatic heterocycles. The summed E-state index contributed by atoms with van der Waals surface area (Å²) in [6.45, 7) is 2.23. The van der Waals surface area contributed by atoms with Gasteiger partial charge in [0.2, 0.25) is 11.1 Å². The molecule has 43 heavy (non-hydrogen) atoms. The number of fused-ring (bicyclic) bond motifs is 1. The molecule has 1 N–H and O–H groups in total. The Balaban J connectivity index is 1.34. The zero-order valence-electron chi connectivity index (χ0n) is 23.8. The number of thioether (sulfide) groups is 1. The minimum absolute atomic E-state index is 0.0857. The molecule has 1 unspecified atom stereocenters. The first kappa shape index (κ1) is 29.6. The number of nitrogens with one attached hydrogen (secondary N) is 1. The zero-order chi connectivity index (χ0) is 29.8. The number of halogens is 2. The second kappa shape index (κ2) is 13.5. The standard InChI is InChI=1S/C33H32Cl2N4O3S/c1-21-29(31(40)42-25-10-3-2-4-11-25)30(26-12-6-8-14-28(26)41-19-22-15-17-24(34)18-16-22)39-32(36-21)37-33(38-39)43-20-23-9-5-7-13-27(23)35/h5-9,12-18,25,30H,2-4,10-11,19-20H2,1H3,(H,36,37,38). The molecule has 4 aromatic rings. The van der Waals surface area contributed by atoms with Gasteiger partial charge in [-0.1, -0.05) is 89.9 Å². The molecule has 0 bridgehead atoms. The number of hydrogen-bond donors (Lipinski definition) is 1. The third-order valence-corrected chi connectivity index (χ3v) is 9.22. The molecule has 1 fully saturated rings. The van der Waals surface area contributed by atoms with Crippen molar-refractivity contribution in [2.45, 2.75) is 68.7 Å². The van der Waals surface area contributed by atoms with Crippen LogP contribution in [0.25, 0.3) is 0 Å². The number of anilines is 1. The molecule has 6 rings (SSSR count). The van der Waals surface area contributed by atoms with E-state index in [1.165, 1.54) is 18.2 Å². The quantitative estimate of drug-likeness (QED) is 0.146. The Morgan fingerprint density at radius 2 is 1.74 bits per heavy atom. The maximum absolute atomic E-state index is 13.9. The lowest BCUT2D eigenvalue weighted by Gasteiger charge is -2.30. The van der Waals surface area contributed by atoms with E-state index in [9.17, 15) is 4.79 Å². The third kappa shape index (κ3) is 6.87. The lowest BCUT2D eigenvalue weighted by atomic mass is 9.94. The second-order valence-corrected chi connectivity index (χ2v) is 12.5. The van der Waals surface area contributed by atoms with Crippen molar-refractivity contribution < 1.29 is 14.3 Å². The van der Waals surface area contributed by atoms with Gasteiger partial charge in [0.15, 0.2) is 0 Å². The van der Waals surface area contributed by atoms with Crippen LogP contribution >= 0.6 is 35.0 Å². The van der Waals surface area contributed by atoms with Crippen LogP contribution in [-0.4, -0.2) is 26.8 Å². The number of carbonyl (C=O) groups excluding carboxylic acids is 1. The first-order valence-corrected chi connectivity index (χ1v) is 16.2. The maximum atomic E-state index is 13.9.